The number of rotatable bonds is 4. The zero-order valence-corrected chi connectivity index (χ0v) is 13.8. The van der Waals surface area contributed by atoms with Crippen LogP contribution in [0.5, 0.6) is 0 Å². The van der Waals surface area contributed by atoms with Gasteiger partial charge < -0.3 is 16.0 Å². The van der Waals surface area contributed by atoms with Crippen molar-refractivity contribution in [1.29, 1.82) is 0 Å². The number of hydrogen-bond acceptors (Lipinski definition) is 3. The number of hydrogen-bond donors (Lipinski definition) is 2. The molecule has 1 aromatic rings. The van der Waals surface area contributed by atoms with Crippen molar-refractivity contribution in [2.75, 3.05) is 18.0 Å². The van der Waals surface area contributed by atoms with Gasteiger partial charge in [0.1, 0.15) is 5.82 Å². The van der Waals surface area contributed by atoms with Crippen LogP contribution in [0.2, 0.25) is 0 Å². The van der Waals surface area contributed by atoms with E-state index in [-0.39, 0.29) is 23.4 Å². The smallest absolute Gasteiger partial charge is 0.254 e. The fourth-order valence-electron chi connectivity index (χ4n) is 3.70. The van der Waals surface area contributed by atoms with Gasteiger partial charge in [-0.25, -0.2) is 4.39 Å². The normalized spacial score (nSPS) is 24.2. The number of amides is 2. The van der Waals surface area contributed by atoms with Gasteiger partial charge >= 0.3 is 0 Å². The van der Waals surface area contributed by atoms with Gasteiger partial charge in [0.25, 0.3) is 5.91 Å². The number of nitrogens with two attached hydrogens (primary N) is 1. The molecule has 1 heterocycles. The summed E-state index contributed by atoms with van der Waals surface area (Å²) < 4.78 is 14.1. The molecule has 0 unspecified atom stereocenters. The lowest BCUT2D eigenvalue weighted by molar-refractivity contribution is -0.117. The van der Waals surface area contributed by atoms with Crippen LogP contribution in [-0.4, -0.2) is 30.9 Å². The van der Waals surface area contributed by atoms with Crippen molar-refractivity contribution < 1.29 is 14.0 Å². The first kappa shape index (κ1) is 16.9. The minimum Gasteiger partial charge on any atom is -0.349 e. The lowest BCUT2D eigenvalue weighted by atomic mass is 9.84. The van der Waals surface area contributed by atoms with Gasteiger partial charge in [0, 0.05) is 24.7 Å². The summed E-state index contributed by atoms with van der Waals surface area (Å²) in [6, 6.07) is 4.29. The van der Waals surface area contributed by atoms with E-state index in [2.05, 4.69) is 5.32 Å². The molecule has 6 heteroatoms. The Kier molecular flexibility index (Phi) is 5.14. The second kappa shape index (κ2) is 7.30. The molecule has 1 saturated carbocycles. The summed E-state index contributed by atoms with van der Waals surface area (Å²) in [5.74, 6) is -0.730. The van der Waals surface area contributed by atoms with Gasteiger partial charge in [-0.2, -0.15) is 0 Å². The van der Waals surface area contributed by atoms with Crippen molar-refractivity contribution in [1.82, 2.24) is 5.32 Å². The molecule has 1 aliphatic carbocycles. The Balaban J connectivity index is 1.77. The topological polar surface area (TPSA) is 75.4 Å². The number of nitrogens with one attached hydrogen (secondary N) is 1. The van der Waals surface area contributed by atoms with Crippen LogP contribution in [-0.2, 0) is 4.79 Å². The molecule has 0 bridgehead atoms. The summed E-state index contributed by atoms with van der Waals surface area (Å²) in [4.78, 5) is 26.0. The molecule has 2 aliphatic rings. The summed E-state index contributed by atoms with van der Waals surface area (Å²) in [6.45, 7) is 1.14. The molecule has 1 aliphatic heterocycles. The zero-order chi connectivity index (χ0) is 17.1. The molecular weight excluding hydrogens is 309 g/mol. The maximum Gasteiger partial charge on any atom is 0.254 e. The molecule has 3 N–H and O–H groups in total. The van der Waals surface area contributed by atoms with Crippen molar-refractivity contribution in [3.8, 4) is 0 Å². The van der Waals surface area contributed by atoms with E-state index in [1.807, 2.05) is 0 Å². The van der Waals surface area contributed by atoms with E-state index in [0.717, 1.165) is 32.1 Å². The van der Waals surface area contributed by atoms with Crippen molar-refractivity contribution in [3.63, 3.8) is 0 Å². The van der Waals surface area contributed by atoms with Crippen LogP contribution < -0.4 is 16.0 Å². The number of carbonyl (C=O) groups excluding carboxylic acids is 2. The van der Waals surface area contributed by atoms with Gasteiger partial charge in [0.2, 0.25) is 5.91 Å². The third-order valence-electron chi connectivity index (χ3n) is 5.11. The summed E-state index contributed by atoms with van der Waals surface area (Å²) >= 11 is 0. The molecule has 1 saturated heterocycles. The average Bonchev–Trinajstić information content (AvgIpc) is 3.02. The van der Waals surface area contributed by atoms with Gasteiger partial charge in [-0.1, -0.05) is 12.8 Å². The second-order valence-electron chi connectivity index (χ2n) is 6.67. The van der Waals surface area contributed by atoms with Crippen molar-refractivity contribution in [3.05, 3.63) is 29.6 Å². The Morgan fingerprint density at radius 1 is 1.29 bits per heavy atom. The predicted molar refractivity (Wildman–Crippen MR) is 90.3 cm³/mol. The Hall–Kier alpha value is -1.95. The minimum atomic E-state index is -0.567. The number of anilines is 1. The molecule has 130 valence electrons. The average molecular weight is 333 g/mol. The van der Waals surface area contributed by atoms with Crippen molar-refractivity contribution >= 4 is 17.5 Å². The SMILES string of the molecule is NC[C@H]1CCCC[C@H]1NC(=O)c1cc(N2CCCC2=O)ccc1F. The number of carbonyl (C=O) groups is 2. The summed E-state index contributed by atoms with van der Waals surface area (Å²) in [5.41, 5.74) is 6.37. The van der Waals surface area contributed by atoms with E-state index in [0.29, 0.717) is 25.2 Å². The summed E-state index contributed by atoms with van der Waals surface area (Å²) in [5, 5.41) is 2.94. The van der Waals surface area contributed by atoms with Crippen LogP contribution >= 0.6 is 0 Å². The fourth-order valence-corrected chi connectivity index (χ4v) is 3.70. The molecule has 2 atom stereocenters. The number of halogens is 1. The molecule has 2 fully saturated rings. The Bertz CT molecular complexity index is 635. The molecular formula is C18H24FN3O2. The van der Waals surface area contributed by atoms with E-state index in [4.69, 9.17) is 5.73 Å². The van der Waals surface area contributed by atoms with Gasteiger partial charge in [-0.05, 0) is 49.9 Å². The van der Waals surface area contributed by atoms with Crippen LogP contribution in [0.25, 0.3) is 0 Å². The highest BCUT2D eigenvalue weighted by atomic mass is 19.1. The van der Waals surface area contributed by atoms with Crippen LogP contribution in [0, 0.1) is 11.7 Å². The van der Waals surface area contributed by atoms with Crippen LogP contribution in [0.3, 0.4) is 0 Å². The Morgan fingerprint density at radius 2 is 2.08 bits per heavy atom. The standard InChI is InChI=1S/C18H24FN3O2/c19-15-8-7-13(22-9-3-6-17(22)23)10-14(15)18(24)21-16-5-2-1-4-12(16)11-20/h7-8,10,12,16H,1-6,9,11,20H2,(H,21,24)/t12-,16-/m1/s1. The first-order valence-corrected chi connectivity index (χ1v) is 8.71. The molecule has 0 radical (unpaired) electrons. The lowest BCUT2D eigenvalue weighted by Gasteiger charge is -2.31. The highest BCUT2D eigenvalue weighted by Gasteiger charge is 2.28. The maximum absolute atomic E-state index is 14.1. The monoisotopic (exact) mass is 333 g/mol. The van der Waals surface area contributed by atoms with E-state index in [1.165, 1.54) is 12.1 Å². The molecule has 0 aromatic heterocycles. The third kappa shape index (κ3) is 3.43. The van der Waals surface area contributed by atoms with E-state index >= 15 is 0 Å². The molecule has 2 amide bonds. The van der Waals surface area contributed by atoms with E-state index < -0.39 is 11.7 Å². The first-order valence-electron chi connectivity index (χ1n) is 8.71. The molecule has 5 nitrogen and oxygen atoms in total. The van der Waals surface area contributed by atoms with Gasteiger partial charge in [0.15, 0.2) is 0 Å². The van der Waals surface area contributed by atoms with Crippen LogP contribution in [0.1, 0.15) is 48.9 Å². The minimum absolute atomic E-state index is 0.00598. The number of nitrogens with zero attached hydrogens (tertiary/aromatic N) is 1. The van der Waals surface area contributed by atoms with Crippen molar-refractivity contribution in [2.24, 2.45) is 11.7 Å². The molecule has 1 aromatic carbocycles. The van der Waals surface area contributed by atoms with Gasteiger partial charge in [-0.3, -0.25) is 9.59 Å². The second-order valence-corrected chi connectivity index (χ2v) is 6.67. The van der Waals surface area contributed by atoms with Crippen LogP contribution in [0.4, 0.5) is 10.1 Å². The molecule has 24 heavy (non-hydrogen) atoms. The largest absolute Gasteiger partial charge is 0.349 e. The Labute approximate surface area is 141 Å². The summed E-state index contributed by atoms with van der Waals surface area (Å²) in [7, 11) is 0. The third-order valence-corrected chi connectivity index (χ3v) is 5.11. The lowest BCUT2D eigenvalue weighted by Crippen LogP contribution is -2.45. The zero-order valence-electron chi connectivity index (χ0n) is 13.8. The maximum atomic E-state index is 14.1. The number of benzene rings is 1. The van der Waals surface area contributed by atoms with E-state index in [9.17, 15) is 14.0 Å². The highest BCUT2D eigenvalue weighted by molar-refractivity contribution is 5.99. The van der Waals surface area contributed by atoms with Gasteiger partial charge in [0.05, 0.1) is 5.56 Å². The quantitative estimate of drug-likeness (QED) is 0.887. The van der Waals surface area contributed by atoms with Gasteiger partial charge in [-0.15, -0.1) is 0 Å². The predicted octanol–water partition coefficient (Wildman–Crippen LogP) is 2.20. The highest BCUT2D eigenvalue weighted by Crippen LogP contribution is 2.26. The molecule has 3 rings (SSSR count). The van der Waals surface area contributed by atoms with Crippen molar-refractivity contribution in [2.45, 2.75) is 44.6 Å². The fraction of sp³-hybridized carbons (Fsp3) is 0.556. The summed E-state index contributed by atoms with van der Waals surface area (Å²) in [6.07, 6.45) is 5.32. The first-order chi connectivity index (χ1) is 11.6. The van der Waals surface area contributed by atoms with Crippen LogP contribution in [0.15, 0.2) is 18.2 Å². The Morgan fingerprint density at radius 3 is 2.79 bits per heavy atom. The molecule has 0 spiro atoms. The van der Waals surface area contributed by atoms with E-state index in [1.54, 1.807) is 11.0 Å².